The third-order valence-corrected chi connectivity index (χ3v) is 2.51. The van der Waals surface area contributed by atoms with Gasteiger partial charge in [0.1, 0.15) is 0 Å². The lowest BCUT2D eigenvalue weighted by Crippen LogP contribution is -2.59. The van der Waals surface area contributed by atoms with Gasteiger partial charge >= 0.3 is 11.9 Å². The second-order valence-electron chi connectivity index (χ2n) is 4.69. The molecule has 0 saturated heterocycles. The van der Waals surface area contributed by atoms with Crippen molar-refractivity contribution in [1.29, 1.82) is 0 Å². The van der Waals surface area contributed by atoms with E-state index in [1.54, 1.807) is 13.8 Å². The van der Waals surface area contributed by atoms with Crippen molar-refractivity contribution in [2.24, 2.45) is 5.41 Å². The van der Waals surface area contributed by atoms with Gasteiger partial charge in [0.05, 0.1) is 11.7 Å². The first-order chi connectivity index (χ1) is 6.69. The van der Waals surface area contributed by atoms with Crippen LogP contribution in [0.25, 0.3) is 0 Å². The standard InChI is InChI=1S/C10H16O5/c1-6(2)15-8(13)10(7(11)12)4-9(3,14)5-10/h6,14H,4-5H2,1-3H3,(H,11,12). The Hall–Kier alpha value is -1.10. The fourth-order valence-corrected chi connectivity index (χ4v) is 1.96. The molecule has 1 aliphatic carbocycles. The summed E-state index contributed by atoms with van der Waals surface area (Å²) in [5.74, 6) is -1.98. The third-order valence-electron chi connectivity index (χ3n) is 2.51. The minimum Gasteiger partial charge on any atom is -0.480 e. The number of carboxylic acid groups (broad SMARTS) is 1. The number of hydrogen-bond donors (Lipinski definition) is 2. The molecule has 5 heteroatoms. The number of carbonyl (C=O) groups is 2. The molecule has 0 atom stereocenters. The van der Waals surface area contributed by atoms with Crippen molar-refractivity contribution in [2.75, 3.05) is 0 Å². The van der Waals surface area contributed by atoms with Crippen LogP contribution >= 0.6 is 0 Å². The molecule has 0 aromatic heterocycles. The molecule has 0 unspecified atom stereocenters. The van der Waals surface area contributed by atoms with Crippen molar-refractivity contribution in [1.82, 2.24) is 0 Å². The molecular formula is C10H16O5. The van der Waals surface area contributed by atoms with Crippen molar-refractivity contribution in [3.8, 4) is 0 Å². The monoisotopic (exact) mass is 216 g/mol. The largest absolute Gasteiger partial charge is 0.480 e. The normalized spacial score (nSPS) is 34.7. The molecule has 2 N–H and O–H groups in total. The molecule has 1 fully saturated rings. The third kappa shape index (κ3) is 2.12. The molecular weight excluding hydrogens is 200 g/mol. The summed E-state index contributed by atoms with van der Waals surface area (Å²) >= 11 is 0. The van der Waals surface area contributed by atoms with Gasteiger partial charge in [0.15, 0.2) is 5.41 Å². The zero-order valence-corrected chi connectivity index (χ0v) is 9.11. The minimum absolute atomic E-state index is 0.0825. The van der Waals surface area contributed by atoms with Crippen LogP contribution in [0.4, 0.5) is 0 Å². The van der Waals surface area contributed by atoms with Crippen LogP contribution in [0.5, 0.6) is 0 Å². The van der Waals surface area contributed by atoms with Gasteiger partial charge in [-0.3, -0.25) is 9.59 Å². The highest BCUT2D eigenvalue weighted by Gasteiger charge is 2.62. The van der Waals surface area contributed by atoms with E-state index >= 15 is 0 Å². The second-order valence-corrected chi connectivity index (χ2v) is 4.69. The number of rotatable bonds is 3. The summed E-state index contributed by atoms with van der Waals surface area (Å²) in [6, 6.07) is 0. The molecule has 0 radical (unpaired) electrons. The predicted molar refractivity (Wildman–Crippen MR) is 51.2 cm³/mol. The summed E-state index contributed by atoms with van der Waals surface area (Å²) in [5.41, 5.74) is -2.62. The Balaban J connectivity index is 2.78. The number of aliphatic carboxylic acids is 1. The van der Waals surface area contributed by atoms with Gasteiger partial charge in [0.25, 0.3) is 0 Å². The van der Waals surface area contributed by atoms with Crippen LogP contribution in [0.15, 0.2) is 0 Å². The highest BCUT2D eigenvalue weighted by molar-refractivity contribution is 6.00. The predicted octanol–water partition coefficient (Wildman–Crippen LogP) is 0.554. The van der Waals surface area contributed by atoms with Gasteiger partial charge in [0.2, 0.25) is 0 Å². The Kier molecular flexibility index (Phi) is 2.78. The van der Waals surface area contributed by atoms with Gasteiger partial charge in [-0.2, -0.15) is 0 Å². The molecule has 0 amide bonds. The van der Waals surface area contributed by atoms with E-state index in [-0.39, 0.29) is 18.9 Å². The molecule has 1 aliphatic rings. The van der Waals surface area contributed by atoms with Gasteiger partial charge in [-0.15, -0.1) is 0 Å². The van der Waals surface area contributed by atoms with Gasteiger partial charge in [0, 0.05) is 12.8 Å². The van der Waals surface area contributed by atoms with Crippen molar-refractivity contribution < 1.29 is 24.5 Å². The average Bonchev–Trinajstić information content (AvgIpc) is 1.96. The maximum absolute atomic E-state index is 11.6. The van der Waals surface area contributed by atoms with Crippen LogP contribution in [0.1, 0.15) is 33.6 Å². The number of hydrogen-bond acceptors (Lipinski definition) is 4. The van der Waals surface area contributed by atoms with E-state index in [1.165, 1.54) is 6.92 Å². The van der Waals surface area contributed by atoms with E-state index in [1.807, 2.05) is 0 Å². The summed E-state index contributed by atoms with van der Waals surface area (Å²) in [6.45, 7) is 4.82. The summed E-state index contributed by atoms with van der Waals surface area (Å²) in [6.07, 6.45) is -0.513. The topological polar surface area (TPSA) is 83.8 Å². The first-order valence-corrected chi connectivity index (χ1v) is 4.86. The summed E-state index contributed by atoms with van der Waals surface area (Å²) in [5, 5.41) is 18.5. The van der Waals surface area contributed by atoms with Crippen LogP contribution in [0, 0.1) is 5.41 Å². The molecule has 0 aliphatic heterocycles. The smallest absolute Gasteiger partial charge is 0.323 e. The first-order valence-electron chi connectivity index (χ1n) is 4.86. The zero-order chi connectivity index (χ0) is 11.9. The molecule has 0 aromatic carbocycles. The van der Waals surface area contributed by atoms with Crippen molar-refractivity contribution in [2.45, 2.75) is 45.3 Å². The SMILES string of the molecule is CC(C)OC(=O)C1(C(=O)O)CC(C)(O)C1. The molecule has 86 valence electrons. The van der Waals surface area contributed by atoms with E-state index < -0.39 is 23.0 Å². The highest BCUT2D eigenvalue weighted by Crippen LogP contribution is 2.49. The summed E-state index contributed by atoms with van der Waals surface area (Å²) < 4.78 is 4.88. The lowest BCUT2D eigenvalue weighted by atomic mass is 9.60. The van der Waals surface area contributed by atoms with Crippen LogP contribution in [0.2, 0.25) is 0 Å². The fraction of sp³-hybridized carbons (Fsp3) is 0.800. The highest BCUT2D eigenvalue weighted by atomic mass is 16.5. The quantitative estimate of drug-likeness (QED) is 0.531. The van der Waals surface area contributed by atoms with Gasteiger partial charge < -0.3 is 14.9 Å². The Labute approximate surface area is 88.0 Å². The van der Waals surface area contributed by atoms with E-state index in [4.69, 9.17) is 9.84 Å². The van der Waals surface area contributed by atoms with Gasteiger partial charge in [-0.05, 0) is 20.8 Å². The summed E-state index contributed by atoms with van der Waals surface area (Å²) in [4.78, 5) is 22.6. The van der Waals surface area contributed by atoms with Crippen LogP contribution in [-0.4, -0.2) is 33.9 Å². The second kappa shape index (κ2) is 3.48. The summed E-state index contributed by atoms with van der Waals surface area (Å²) in [7, 11) is 0. The number of carbonyl (C=O) groups excluding carboxylic acids is 1. The molecule has 0 aromatic rings. The van der Waals surface area contributed by atoms with Crippen LogP contribution in [-0.2, 0) is 14.3 Å². The van der Waals surface area contributed by atoms with Crippen molar-refractivity contribution in [3.63, 3.8) is 0 Å². The van der Waals surface area contributed by atoms with Crippen LogP contribution < -0.4 is 0 Å². The molecule has 1 rings (SSSR count). The van der Waals surface area contributed by atoms with E-state index in [2.05, 4.69) is 0 Å². The number of aliphatic hydroxyl groups is 1. The Morgan fingerprint density at radius 3 is 2.07 bits per heavy atom. The molecule has 0 heterocycles. The molecule has 15 heavy (non-hydrogen) atoms. The molecule has 0 bridgehead atoms. The zero-order valence-electron chi connectivity index (χ0n) is 9.11. The first kappa shape index (κ1) is 12.0. The Morgan fingerprint density at radius 2 is 1.80 bits per heavy atom. The molecule has 0 spiro atoms. The lowest BCUT2D eigenvalue weighted by Gasteiger charge is -2.46. The number of esters is 1. The molecule has 5 nitrogen and oxygen atoms in total. The van der Waals surface area contributed by atoms with Crippen molar-refractivity contribution in [3.05, 3.63) is 0 Å². The molecule has 1 saturated carbocycles. The number of ether oxygens (including phenoxy) is 1. The van der Waals surface area contributed by atoms with Gasteiger partial charge in [-0.1, -0.05) is 0 Å². The van der Waals surface area contributed by atoms with E-state index in [0.29, 0.717) is 0 Å². The van der Waals surface area contributed by atoms with Gasteiger partial charge in [-0.25, -0.2) is 0 Å². The lowest BCUT2D eigenvalue weighted by molar-refractivity contribution is -0.199. The maximum atomic E-state index is 11.6. The minimum atomic E-state index is -1.55. The number of carboxylic acids is 1. The van der Waals surface area contributed by atoms with E-state index in [0.717, 1.165) is 0 Å². The van der Waals surface area contributed by atoms with E-state index in [9.17, 15) is 14.7 Å². The Bertz CT molecular complexity index is 284. The van der Waals surface area contributed by atoms with Crippen LogP contribution in [0.3, 0.4) is 0 Å². The van der Waals surface area contributed by atoms with Crippen molar-refractivity contribution >= 4 is 11.9 Å². The maximum Gasteiger partial charge on any atom is 0.323 e. The fourth-order valence-electron chi connectivity index (χ4n) is 1.96. The Morgan fingerprint density at radius 1 is 1.33 bits per heavy atom. The average molecular weight is 216 g/mol.